The van der Waals surface area contributed by atoms with Gasteiger partial charge in [-0.05, 0) is 59.9 Å². The van der Waals surface area contributed by atoms with E-state index in [9.17, 15) is 18.0 Å². The molecule has 6 rings (SSSR count). The zero-order valence-electron chi connectivity index (χ0n) is 23.8. The van der Waals surface area contributed by atoms with Crippen molar-refractivity contribution in [2.45, 2.75) is 56.3 Å². The van der Waals surface area contributed by atoms with E-state index >= 15 is 0 Å². The molecule has 13 heteroatoms. The van der Waals surface area contributed by atoms with Crippen LogP contribution in [0.25, 0.3) is 0 Å². The van der Waals surface area contributed by atoms with E-state index in [1.54, 1.807) is 59.5 Å². The minimum absolute atomic E-state index is 0.0503. The molecular weight excluding hydrogens is 629 g/mol. The quantitative estimate of drug-likeness (QED) is 0.322. The van der Waals surface area contributed by atoms with Crippen LogP contribution in [0.5, 0.6) is 11.5 Å². The van der Waals surface area contributed by atoms with Crippen LogP contribution in [0.15, 0.2) is 60.7 Å². The van der Waals surface area contributed by atoms with E-state index in [1.165, 1.54) is 0 Å². The van der Waals surface area contributed by atoms with Crippen LogP contribution in [-0.4, -0.2) is 50.3 Å². The number of carbonyl (C=O) groups is 2. The average Bonchev–Trinajstić information content (AvgIpc) is 3.45. The number of hydrogen-bond donors (Lipinski definition) is 2. The van der Waals surface area contributed by atoms with E-state index in [4.69, 9.17) is 37.5 Å². The highest BCUT2D eigenvalue weighted by Gasteiger charge is 2.49. The third-order valence-corrected chi connectivity index (χ3v) is 9.53. The summed E-state index contributed by atoms with van der Waals surface area (Å²) in [5.74, 6) is -0.519. The number of nitrogens with one attached hydrogen (secondary N) is 2. The molecule has 0 bridgehead atoms. The van der Waals surface area contributed by atoms with Gasteiger partial charge in [-0.1, -0.05) is 66.4 Å². The standard InChI is InChI=1S/C31H31Cl2N3O7S/c1-44(39,40)35-24-8-4-5-9-25(24)36-29(22-12-11-19(32)15-23(22)33)28(20-6-2-3-7-21(20)31(36)38)30(37)34-43-16-18-10-13-26-27(14-18)42-17-41-26/h2-3,6-7,10-15,24-25,28-29,35H,4-5,8-9,16-17H2,1H3,(H,34,37)/t24-,25?,28+,29-/m0/s1. The Balaban J connectivity index is 1.39. The maximum Gasteiger partial charge on any atom is 0.255 e. The maximum absolute atomic E-state index is 14.3. The van der Waals surface area contributed by atoms with Crippen molar-refractivity contribution in [3.05, 3.63) is 93.0 Å². The van der Waals surface area contributed by atoms with Gasteiger partial charge in [0.25, 0.3) is 11.8 Å². The molecule has 4 atom stereocenters. The lowest BCUT2D eigenvalue weighted by Crippen LogP contribution is -2.59. The molecule has 232 valence electrons. The fraction of sp³-hybridized carbons (Fsp3) is 0.355. The average molecular weight is 661 g/mol. The first kappa shape index (κ1) is 30.7. The SMILES string of the molecule is CS(=O)(=O)N[C@H]1CCCCC1N1C(=O)c2ccccc2[C@@H](C(=O)NOCc2ccc3c(c2)OCO3)[C@@H]1c1ccc(Cl)cc1Cl. The fourth-order valence-corrected chi connectivity index (χ4v) is 7.76. The topological polar surface area (TPSA) is 123 Å². The van der Waals surface area contributed by atoms with Crippen LogP contribution in [0, 0.1) is 0 Å². The third kappa shape index (κ3) is 6.25. The zero-order valence-corrected chi connectivity index (χ0v) is 26.1. The van der Waals surface area contributed by atoms with Gasteiger partial charge in [-0.3, -0.25) is 14.4 Å². The lowest BCUT2D eigenvalue weighted by molar-refractivity contribution is -0.138. The first-order chi connectivity index (χ1) is 21.1. The highest BCUT2D eigenvalue weighted by Crippen LogP contribution is 2.48. The minimum Gasteiger partial charge on any atom is -0.454 e. The van der Waals surface area contributed by atoms with Gasteiger partial charge < -0.3 is 14.4 Å². The van der Waals surface area contributed by atoms with E-state index in [0.29, 0.717) is 46.1 Å². The molecule has 10 nitrogen and oxygen atoms in total. The molecule has 3 aliphatic rings. The first-order valence-electron chi connectivity index (χ1n) is 14.2. The van der Waals surface area contributed by atoms with Gasteiger partial charge in [0, 0.05) is 27.7 Å². The Morgan fingerprint density at radius 3 is 2.57 bits per heavy atom. The Morgan fingerprint density at radius 2 is 1.77 bits per heavy atom. The summed E-state index contributed by atoms with van der Waals surface area (Å²) in [5, 5.41) is 0.678. The molecule has 2 heterocycles. The smallest absolute Gasteiger partial charge is 0.255 e. The summed E-state index contributed by atoms with van der Waals surface area (Å²) in [4.78, 5) is 35.8. The van der Waals surface area contributed by atoms with Gasteiger partial charge in [-0.25, -0.2) is 18.6 Å². The first-order valence-corrected chi connectivity index (χ1v) is 16.9. The molecule has 2 aliphatic heterocycles. The molecule has 1 aliphatic carbocycles. The molecular formula is C31H31Cl2N3O7S. The molecule has 0 spiro atoms. The predicted octanol–water partition coefficient (Wildman–Crippen LogP) is 5.11. The van der Waals surface area contributed by atoms with Crippen molar-refractivity contribution in [1.82, 2.24) is 15.1 Å². The highest BCUT2D eigenvalue weighted by molar-refractivity contribution is 7.88. The second-order valence-corrected chi connectivity index (χ2v) is 13.8. The molecule has 1 fully saturated rings. The van der Waals surface area contributed by atoms with Crippen LogP contribution >= 0.6 is 23.2 Å². The molecule has 0 radical (unpaired) electrons. The molecule has 3 aromatic rings. The number of halogens is 2. The van der Waals surface area contributed by atoms with Crippen molar-refractivity contribution in [2.75, 3.05) is 13.0 Å². The van der Waals surface area contributed by atoms with Gasteiger partial charge in [0.1, 0.15) is 0 Å². The van der Waals surface area contributed by atoms with Gasteiger partial charge in [-0.15, -0.1) is 0 Å². The number of hydrogen-bond acceptors (Lipinski definition) is 7. The van der Waals surface area contributed by atoms with Gasteiger partial charge in [0.15, 0.2) is 11.5 Å². The van der Waals surface area contributed by atoms with Crippen LogP contribution in [0.2, 0.25) is 10.0 Å². The van der Waals surface area contributed by atoms with Crippen LogP contribution in [-0.2, 0) is 26.3 Å². The van der Waals surface area contributed by atoms with E-state index < -0.39 is 40.0 Å². The lowest BCUT2D eigenvalue weighted by atomic mass is 9.76. The maximum atomic E-state index is 14.3. The number of carbonyl (C=O) groups excluding carboxylic acids is 2. The number of fused-ring (bicyclic) bond motifs is 2. The molecule has 44 heavy (non-hydrogen) atoms. The van der Waals surface area contributed by atoms with Crippen molar-refractivity contribution in [3.63, 3.8) is 0 Å². The van der Waals surface area contributed by atoms with Crippen molar-refractivity contribution < 1.29 is 32.3 Å². The summed E-state index contributed by atoms with van der Waals surface area (Å²) in [6, 6.07) is 15.3. The molecule has 2 amide bonds. The molecule has 1 saturated carbocycles. The predicted molar refractivity (Wildman–Crippen MR) is 164 cm³/mol. The zero-order chi connectivity index (χ0) is 31.0. The summed E-state index contributed by atoms with van der Waals surface area (Å²) in [6.45, 7) is 0.192. The molecule has 2 N–H and O–H groups in total. The van der Waals surface area contributed by atoms with E-state index in [1.807, 2.05) is 6.07 Å². The van der Waals surface area contributed by atoms with Gasteiger partial charge in [0.05, 0.1) is 24.8 Å². The van der Waals surface area contributed by atoms with Crippen molar-refractivity contribution in [1.29, 1.82) is 0 Å². The third-order valence-electron chi connectivity index (χ3n) is 8.24. The van der Waals surface area contributed by atoms with Gasteiger partial charge in [-0.2, -0.15) is 0 Å². The molecule has 0 aromatic heterocycles. The summed E-state index contributed by atoms with van der Waals surface area (Å²) < 4.78 is 38.3. The Kier molecular flexibility index (Phi) is 8.76. The van der Waals surface area contributed by atoms with Crippen molar-refractivity contribution >= 4 is 45.0 Å². The number of hydroxylamine groups is 1. The Morgan fingerprint density at radius 1 is 1.00 bits per heavy atom. The Labute approximate surface area is 265 Å². The fourth-order valence-electron chi connectivity index (χ4n) is 6.41. The number of sulfonamides is 1. The number of amides is 2. The Hall–Kier alpha value is -3.35. The summed E-state index contributed by atoms with van der Waals surface area (Å²) in [6.07, 6.45) is 3.77. The van der Waals surface area contributed by atoms with Gasteiger partial charge >= 0.3 is 0 Å². The number of nitrogens with zero attached hydrogens (tertiary/aromatic N) is 1. The highest BCUT2D eigenvalue weighted by atomic mass is 35.5. The Bertz CT molecular complexity index is 1700. The van der Waals surface area contributed by atoms with E-state index in [-0.39, 0.29) is 24.3 Å². The number of rotatable bonds is 8. The van der Waals surface area contributed by atoms with E-state index in [2.05, 4.69) is 10.2 Å². The van der Waals surface area contributed by atoms with Crippen molar-refractivity contribution in [3.8, 4) is 11.5 Å². The lowest BCUT2D eigenvalue weighted by Gasteiger charge is -2.49. The van der Waals surface area contributed by atoms with E-state index in [0.717, 1.165) is 24.7 Å². The second kappa shape index (κ2) is 12.6. The monoisotopic (exact) mass is 659 g/mol. The van der Waals surface area contributed by atoms with Crippen LogP contribution in [0.3, 0.4) is 0 Å². The largest absolute Gasteiger partial charge is 0.454 e. The minimum atomic E-state index is -3.59. The van der Waals surface area contributed by atoms with Crippen LogP contribution < -0.4 is 19.7 Å². The van der Waals surface area contributed by atoms with Gasteiger partial charge in [0.2, 0.25) is 16.8 Å². The van der Waals surface area contributed by atoms with Crippen LogP contribution in [0.4, 0.5) is 0 Å². The summed E-state index contributed by atoms with van der Waals surface area (Å²) >= 11 is 13.0. The normalized spacial score (nSPS) is 22.9. The second-order valence-electron chi connectivity index (χ2n) is 11.2. The molecule has 3 aromatic carbocycles. The number of benzene rings is 3. The molecule has 0 saturated heterocycles. The summed E-state index contributed by atoms with van der Waals surface area (Å²) in [5.41, 5.74) is 4.73. The van der Waals surface area contributed by atoms with Crippen molar-refractivity contribution in [2.24, 2.45) is 0 Å². The summed E-state index contributed by atoms with van der Waals surface area (Å²) in [7, 11) is -3.59. The molecule has 1 unspecified atom stereocenters. The number of ether oxygens (including phenoxy) is 2. The van der Waals surface area contributed by atoms with Crippen LogP contribution in [0.1, 0.15) is 64.7 Å².